The molecule has 2 aromatic rings. The molecule has 1 heterocycles. The summed E-state index contributed by atoms with van der Waals surface area (Å²) < 4.78 is 0. The van der Waals surface area contributed by atoms with Crippen LogP contribution in [0, 0.1) is 0 Å². The van der Waals surface area contributed by atoms with Gasteiger partial charge in [-0.05, 0) is 58.0 Å². The summed E-state index contributed by atoms with van der Waals surface area (Å²) in [6, 6.07) is 15.2. The van der Waals surface area contributed by atoms with Crippen molar-refractivity contribution in [1.29, 1.82) is 0 Å². The summed E-state index contributed by atoms with van der Waals surface area (Å²) in [7, 11) is 0. The Labute approximate surface area is 154 Å². The quantitative estimate of drug-likeness (QED) is 0.861. The molecule has 26 heavy (non-hydrogen) atoms. The van der Waals surface area contributed by atoms with Crippen LogP contribution < -0.4 is 10.6 Å². The smallest absolute Gasteiger partial charge is 0.256 e. The number of nitrogens with zero attached hydrogens (tertiary/aromatic N) is 1. The van der Waals surface area contributed by atoms with E-state index in [0.717, 1.165) is 16.8 Å². The Kier molecular flexibility index (Phi) is 4.98. The van der Waals surface area contributed by atoms with Crippen LogP contribution in [0.2, 0.25) is 0 Å². The van der Waals surface area contributed by atoms with Gasteiger partial charge in [-0.3, -0.25) is 9.59 Å². The van der Waals surface area contributed by atoms with E-state index >= 15 is 0 Å². The highest BCUT2D eigenvalue weighted by Crippen LogP contribution is 2.35. The molecule has 1 atom stereocenters. The molecular weight excluding hydrogens is 326 g/mol. The predicted molar refractivity (Wildman–Crippen MR) is 103 cm³/mol. The van der Waals surface area contributed by atoms with Gasteiger partial charge in [0.1, 0.15) is 6.17 Å². The Morgan fingerprint density at radius 2 is 1.65 bits per heavy atom. The molecule has 5 heteroatoms. The van der Waals surface area contributed by atoms with Crippen molar-refractivity contribution in [3.05, 3.63) is 65.2 Å². The zero-order valence-electron chi connectivity index (χ0n) is 15.6. The molecule has 2 aromatic carbocycles. The SMILES string of the molecule is CC(C)NC(=O)c1ccc(N[C@@H]2c3ccccc3C(=O)N2C(C)C)cc1. The number of fused-ring (bicyclic) bond motifs is 1. The summed E-state index contributed by atoms with van der Waals surface area (Å²) in [4.78, 5) is 26.6. The van der Waals surface area contributed by atoms with Gasteiger partial charge in [-0.25, -0.2) is 0 Å². The highest BCUT2D eigenvalue weighted by molar-refractivity contribution is 5.99. The second-order valence-corrected chi connectivity index (χ2v) is 7.15. The average molecular weight is 351 g/mol. The van der Waals surface area contributed by atoms with E-state index in [2.05, 4.69) is 10.6 Å². The number of hydrogen-bond acceptors (Lipinski definition) is 3. The molecule has 2 amide bonds. The average Bonchev–Trinajstić information content (AvgIpc) is 2.88. The predicted octanol–water partition coefficient (Wildman–Crippen LogP) is 3.80. The van der Waals surface area contributed by atoms with Crippen molar-refractivity contribution in [2.24, 2.45) is 0 Å². The van der Waals surface area contributed by atoms with Crippen molar-refractivity contribution in [3.63, 3.8) is 0 Å². The summed E-state index contributed by atoms with van der Waals surface area (Å²) in [5.41, 5.74) is 3.21. The van der Waals surface area contributed by atoms with Crippen molar-refractivity contribution in [2.45, 2.75) is 45.9 Å². The van der Waals surface area contributed by atoms with E-state index in [4.69, 9.17) is 0 Å². The van der Waals surface area contributed by atoms with Gasteiger partial charge in [0.25, 0.3) is 11.8 Å². The minimum Gasteiger partial charge on any atom is -0.361 e. The molecule has 2 N–H and O–H groups in total. The van der Waals surface area contributed by atoms with Crippen LogP contribution >= 0.6 is 0 Å². The first-order valence-corrected chi connectivity index (χ1v) is 8.97. The summed E-state index contributed by atoms with van der Waals surface area (Å²) in [6.07, 6.45) is -0.214. The van der Waals surface area contributed by atoms with E-state index in [9.17, 15) is 9.59 Å². The Hall–Kier alpha value is -2.82. The molecule has 0 aromatic heterocycles. The van der Waals surface area contributed by atoms with Crippen molar-refractivity contribution >= 4 is 17.5 Å². The Balaban J connectivity index is 1.83. The van der Waals surface area contributed by atoms with Crippen LogP contribution in [0.4, 0.5) is 5.69 Å². The van der Waals surface area contributed by atoms with Crippen LogP contribution in [0.1, 0.15) is 60.1 Å². The van der Waals surface area contributed by atoms with Gasteiger partial charge in [-0.15, -0.1) is 0 Å². The van der Waals surface area contributed by atoms with Crippen LogP contribution in [0.3, 0.4) is 0 Å². The van der Waals surface area contributed by atoms with Crippen molar-refractivity contribution < 1.29 is 9.59 Å². The van der Waals surface area contributed by atoms with Gasteiger partial charge in [0.15, 0.2) is 0 Å². The second kappa shape index (κ2) is 7.20. The first-order chi connectivity index (χ1) is 12.4. The minimum atomic E-state index is -0.214. The maximum absolute atomic E-state index is 12.7. The third-order valence-electron chi connectivity index (χ3n) is 4.43. The number of carbonyl (C=O) groups is 2. The minimum absolute atomic E-state index is 0.0426. The topological polar surface area (TPSA) is 61.4 Å². The highest BCUT2D eigenvalue weighted by atomic mass is 16.2. The number of hydrogen-bond donors (Lipinski definition) is 2. The van der Waals surface area contributed by atoms with Gasteiger partial charge >= 0.3 is 0 Å². The lowest BCUT2D eigenvalue weighted by molar-refractivity contribution is 0.0685. The van der Waals surface area contributed by atoms with Gasteiger partial charge in [0.05, 0.1) is 0 Å². The van der Waals surface area contributed by atoms with Gasteiger partial charge in [-0.2, -0.15) is 0 Å². The second-order valence-electron chi connectivity index (χ2n) is 7.15. The molecule has 136 valence electrons. The zero-order valence-corrected chi connectivity index (χ0v) is 15.6. The van der Waals surface area contributed by atoms with Crippen LogP contribution in [-0.4, -0.2) is 28.8 Å². The molecule has 3 rings (SSSR count). The van der Waals surface area contributed by atoms with Crippen LogP contribution in [0.15, 0.2) is 48.5 Å². The van der Waals surface area contributed by atoms with Gasteiger partial charge in [0.2, 0.25) is 0 Å². The molecule has 0 spiro atoms. The monoisotopic (exact) mass is 351 g/mol. The molecule has 5 nitrogen and oxygen atoms in total. The van der Waals surface area contributed by atoms with E-state index in [1.807, 2.05) is 69.0 Å². The van der Waals surface area contributed by atoms with Gasteiger partial charge in [-0.1, -0.05) is 18.2 Å². The van der Waals surface area contributed by atoms with Crippen LogP contribution in [-0.2, 0) is 0 Å². The van der Waals surface area contributed by atoms with E-state index < -0.39 is 0 Å². The Morgan fingerprint density at radius 3 is 2.27 bits per heavy atom. The maximum atomic E-state index is 12.7. The van der Waals surface area contributed by atoms with E-state index in [-0.39, 0.29) is 30.1 Å². The molecule has 0 unspecified atom stereocenters. The largest absolute Gasteiger partial charge is 0.361 e. The molecule has 0 saturated carbocycles. The molecule has 1 aliphatic rings. The zero-order chi connectivity index (χ0) is 18.8. The lowest BCUT2D eigenvalue weighted by Crippen LogP contribution is -2.37. The van der Waals surface area contributed by atoms with Crippen molar-refractivity contribution in [3.8, 4) is 0 Å². The third-order valence-corrected chi connectivity index (χ3v) is 4.43. The fourth-order valence-corrected chi connectivity index (χ4v) is 3.24. The van der Waals surface area contributed by atoms with Crippen molar-refractivity contribution in [2.75, 3.05) is 5.32 Å². The lowest BCUT2D eigenvalue weighted by Gasteiger charge is -2.30. The highest BCUT2D eigenvalue weighted by Gasteiger charge is 2.37. The van der Waals surface area contributed by atoms with Crippen molar-refractivity contribution in [1.82, 2.24) is 10.2 Å². The molecule has 1 aliphatic heterocycles. The molecule has 0 aliphatic carbocycles. The number of benzene rings is 2. The van der Waals surface area contributed by atoms with Crippen LogP contribution in [0.25, 0.3) is 0 Å². The maximum Gasteiger partial charge on any atom is 0.256 e. The molecule has 0 radical (unpaired) electrons. The number of rotatable bonds is 5. The number of carbonyl (C=O) groups excluding carboxylic acids is 2. The molecule has 0 bridgehead atoms. The van der Waals surface area contributed by atoms with E-state index in [0.29, 0.717) is 5.56 Å². The lowest BCUT2D eigenvalue weighted by atomic mass is 10.1. The third kappa shape index (κ3) is 3.43. The van der Waals surface area contributed by atoms with E-state index in [1.54, 1.807) is 12.1 Å². The summed E-state index contributed by atoms with van der Waals surface area (Å²) in [5.74, 6) is -0.0437. The summed E-state index contributed by atoms with van der Waals surface area (Å²) >= 11 is 0. The van der Waals surface area contributed by atoms with Gasteiger partial charge < -0.3 is 15.5 Å². The first kappa shape index (κ1) is 18.0. The summed E-state index contributed by atoms with van der Waals surface area (Å²) in [5, 5.41) is 6.32. The fraction of sp³-hybridized carbons (Fsp3) is 0.333. The normalized spacial score (nSPS) is 16.2. The standard InChI is InChI=1S/C21H25N3O2/c1-13(2)22-20(25)15-9-11-16(12-10-15)23-19-17-7-5-6-8-18(17)21(26)24(19)14(3)4/h5-14,19,23H,1-4H3,(H,22,25)/t19-/m0/s1. The molecule has 0 saturated heterocycles. The molecular formula is C21H25N3O2. The number of nitrogens with one attached hydrogen (secondary N) is 2. The number of amides is 2. The van der Waals surface area contributed by atoms with Crippen LogP contribution in [0.5, 0.6) is 0 Å². The fourth-order valence-electron chi connectivity index (χ4n) is 3.24. The number of anilines is 1. The first-order valence-electron chi connectivity index (χ1n) is 8.97. The van der Waals surface area contributed by atoms with Gasteiger partial charge in [0, 0.05) is 34.5 Å². The molecule has 0 fully saturated rings. The summed E-state index contributed by atoms with van der Waals surface area (Å²) in [6.45, 7) is 7.89. The Morgan fingerprint density at radius 1 is 1.00 bits per heavy atom. The van der Waals surface area contributed by atoms with E-state index in [1.165, 1.54) is 0 Å². The Bertz CT molecular complexity index is 812.